The fourth-order valence-corrected chi connectivity index (χ4v) is 1.62. The Labute approximate surface area is 68.1 Å². The van der Waals surface area contributed by atoms with Gasteiger partial charge in [-0.3, -0.25) is 10.1 Å². The first-order valence-electron chi connectivity index (χ1n) is 3.07. The predicted octanol–water partition coefficient (Wildman–Crippen LogP) is 2.38. The molecule has 0 N–H and O–H groups in total. The molecule has 0 radical (unpaired) electrons. The zero-order valence-corrected chi connectivity index (χ0v) is 6.63. The summed E-state index contributed by atoms with van der Waals surface area (Å²) in [5, 5.41) is 12.1. The zero-order chi connectivity index (χ0) is 8.27. The summed E-state index contributed by atoms with van der Waals surface area (Å²) in [6, 6.07) is 1.52. The molecule has 0 spiro atoms. The van der Waals surface area contributed by atoms with E-state index in [0.29, 0.717) is 6.42 Å². The smallest absolute Gasteiger partial charge is 0.258 e. The molecule has 0 saturated carbocycles. The van der Waals surface area contributed by atoms with Crippen LogP contribution in [0.4, 0.5) is 5.69 Å². The SMILES string of the molecule is C=CCc1sccc1[N+](=O)[O-]. The largest absolute Gasteiger partial charge is 0.283 e. The predicted molar refractivity (Wildman–Crippen MR) is 44.9 cm³/mol. The number of hydrogen-bond acceptors (Lipinski definition) is 3. The Morgan fingerprint density at radius 1 is 1.82 bits per heavy atom. The van der Waals surface area contributed by atoms with Gasteiger partial charge >= 0.3 is 0 Å². The average Bonchev–Trinajstić information content (AvgIpc) is 2.36. The van der Waals surface area contributed by atoms with Crippen molar-refractivity contribution in [2.24, 2.45) is 0 Å². The van der Waals surface area contributed by atoms with Gasteiger partial charge in [0.25, 0.3) is 5.69 Å². The van der Waals surface area contributed by atoms with Crippen molar-refractivity contribution in [3.05, 3.63) is 39.1 Å². The van der Waals surface area contributed by atoms with Gasteiger partial charge in [-0.2, -0.15) is 0 Å². The number of nitrogens with zero attached hydrogens (tertiary/aromatic N) is 1. The number of rotatable bonds is 3. The lowest BCUT2D eigenvalue weighted by molar-refractivity contribution is -0.385. The Balaban J connectivity index is 2.95. The van der Waals surface area contributed by atoms with Gasteiger partial charge in [0.1, 0.15) is 0 Å². The van der Waals surface area contributed by atoms with E-state index in [9.17, 15) is 10.1 Å². The monoisotopic (exact) mass is 169 g/mol. The van der Waals surface area contributed by atoms with Crippen LogP contribution in [-0.4, -0.2) is 4.92 Å². The summed E-state index contributed by atoms with van der Waals surface area (Å²) in [5.41, 5.74) is 0.204. The van der Waals surface area contributed by atoms with E-state index in [1.807, 2.05) is 0 Å². The van der Waals surface area contributed by atoms with Gasteiger partial charge in [0.2, 0.25) is 0 Å². The second-order valence-electron chi connectivity index (χ2n) is 1.98. The molecule has 1 rings (SSSR count). The molecule has 11 heavy (non-hydrogen) atoms. The van der Waals surface area contributed by atoms with E-state index in [-0.39, 0.29) is 10.6 Å². The second kappa shape index (κ2) is 3.30. The summed E-state index contributed by atoms with van der Waals surface area (Å²) in [5.74, 6) is 0. The molecule has 0 atom stereocenters. The van der Waals surface area contributed by atoms with E-state index >= 15 is 0 Å². The van der Waals surface area contributed by atoms with Crippen LogP contribution in [0.3, 0.4) is 0 Å². The normalized spacial score (nSPS) is 9.45. The molecule has 0 aliphatic heterocycles. The Bertz CT molecular complexity index is 280. The van der Waals surface area contributed by atoms with Crippen LogP contribution >= 0.6 is 11.3 Å². The highest BCUT2D eigenvalue weighted by molar-refractivity contribution is 7.10. The second-order valence-corrected chi connectivity index (χ2v) is 2.98. The fourth-order valence-electron chi connectivity index (χ4n) is 0.780. The molecule has 58 valence electrons. The number of hydrogen-bond donors (Lipinski definition) is 0. The molecule has 0 fully saturated rings. The minimum absolute atomic E-state index is 0.204. The summed E-state index contributed by atoms with van der Waals surface area (Å²) in [6.45, 7) is 3.52. The van der Waals surface area contributed by atoms with Gasteiger partial charge in [-0.1, -0.05) is 6.08 Å². The molecule has 1 aromatic rings. The van der Waals surface area contributed by atoms with E-state index in [1.165, 1.54) is 17.4 Å². The first-order chi connectivity index (χ1) is 5.25. The molecule has 1 heterocycles. The maximum Gasteiger partial charge on any atom is 0.283 e. The lowest BCUT2D eigenvalue weighted by atomic mass is 10.3. The lowest BCUT2D eigenvalue weighted by Gasteiger charge is -1.89. The molecular formula is C7H7NO2S. The molecule has 3 nitrogen and oxygen atoms in total. The quantitative estimate of drug-likeness (QED) is 0.396. The molecule has 0 aliphatic rings. The lowest BCUT2D eigenvalue weighted by Crippen LogP contribution is -1.88. The van der Waals surface area contributed by atoms with E-state index < -0.39 is 0 Å². The third kappa shape index (κ3) is 1.65. The van der Waals surface area contributed by atoms with Gasteiger partial charge in [0, 0.05) is 12.5 Å². The van der Waals surface area contributed by atoms with E-state index in [1.54, 1.807) is 11.5 Å². The third-order valence-electron chi connectivity index (χ3n) is 1.25. The van der Waals surface area contributed by atoms with Gasteiger partial charge in [0.05, 0.1) is 9.80 Å². The topological polar surface area (TPSA) is 43.1 Å². The molecule has 0 unspecified atom stereocenters. The van der Waals surface area contributed by atoms with Crippen LogP contribution in [0, 0.1) is 10.1 Å². The highest BCUT2D eigenvalue weighted by Crippen LogP contribution is 2.24. The summed E-state index contributed by atoms with van der Waals surface area (Å²) in [4.78, 5) is 10.7. The van der Waals surface area contributed by atoms with Crippen molar-refractivity contribution in [2.75, 3.05) is 0 Å². The molecule has 0 aliphatic carbocycles. The number of allylic oxidation sites excluding steroid dienone is 1. The Morgan fingerprint density at radius 3 is 3.09 bits per heavy atom. The minimum atomic E-state index is -0.366. The first kappa shape index (κ1) is 7.94. The molecule has 0 amide bonds. The van der Waals surface area contributed by atoms with Gasteiger partial charge in [-0.25, -0.2) is 0 Å². The summed E-state index contributed by atoms with van der Waals surface area (Å²) in [7, 11) is 0. The Morgan fingerprint density at radius 2 is 2.55 bits per heavy atom. The van der Waals surface area contributed by atoms with Gasteiger partial charge < -0.3 is 0 Å². The highest BCUT2D eigenvalue weighted by atomic mass is 32.1. The molecular weight excluding hydrogens is 162 g/mol. The van der Waals surface area contributed by atoms with Crippen LogP contribution in [0.15, 0.2) is 24.1 Å². The molecule has 1 aromatic heterocycles. The van der Waals surface area contributed by atoms with Crippen LogP contribution in [0.1, 0.15) is 4.88 Å². The molecule has 0 aromatic carbocycles. The molecule has 4 heteroatoms. The van der Waals surface area contributed by atoms with E-state index in [2.05, 4.69) is 6.58 Å². The highest BCUT2D eigenvalue weighted by Gasteiger charge is 2.12. The van der Waals surface area contributed by atoms with Crippen molar-refractivity contribution in [1.82, 2.24) is 0 Å². The summed E-state index contributed by atoms with van der Waals surface area (Å²) >= 11 is 1.39. The van der Waals surface area contributed by atoms with Crippen LogP contribution in [0.25, 0.3) is 0 Å². The minimum Gasteiger partial charge on any atom is -0.258 e. The average molecular weight is 169 g/mol. The van der Waals surface area contributed by atoms with Crippen LogP contribution in [0.5, 0.6) is 0 Å². The maximum atomic E-state index is 10.3. The van der Waals surface area contributed by atoms with Crippen molar-refractivity contribution < 1.29 is 4.92 Å². The van der Waals surface area contributed by atoms with Crippen molar-refractivity contribution in [3.8, 4) is 0 Å². The zero-order valence-electron chi connectivity index (χ0n) is 5.82. The standard InChI is InChI=1S/C7H7NO2S/c1-2-3-7-6(8(9)10)4-5-11-7/h2,4-5H,1,3H2. The third-order valence-corrected chi connectivity index (χ3v) is 2.18. The summed E-state index contributed by atoms with van der Waals surface area (Å²) in [6.07, 6.45) is 2.24. The van der Waals surface area contributed by atoms with Crippen molar-refractivity contribution >= 4 is 17.0 Å². The molecule has 0 bridgehead atoms. The van der Waals surface area contributed by atoms with Crippen LogP contribution < -0.4 is 0 Å². The van der Waals surface area contributed by atoms with Gasteiger partial charge in [-0.15, -0.1) is 17.9 Å². The van der Waals surface area contributed by atoms with Crippen LogP contribution in [-0.2, 0) is 6.42 Å². The fraction of sp³-hybridized carbons (Fsp3) is 0.143. The Kier molecular flexibility index (Phi) is 2.38. The number of thiophene rings is 1. The summed E-state index contributed by atoms with van der Waals surface area (Å²) < 4.78 is 0. The maximum absolute atomic E-state index is 10.3. The van der Waals surface area contributed by atoms with Crippen molar-refractivity contribution in [1.29, 1.82) is 0 Å². The Hall–Kier alpha value is -1.16. The van der Waals surface area contributed by atoms with Gasteiger partial charge in [0.15, 0.2) is 0 Å². The van der Waals surface area contributed by atoms with Gasteiger partial charge in [-0.05, 0) is 5.38 Å². The van der Waals surface area contributed by atoms with Crippen LogP contribution in [0.2, 0.25) is 0 Å². The van der Waals surface area contributed by atoms with Crippen molar-refractivity contribution in [3.63, 3.8) is 0 Å². The molecule has 0 saturated heterocycles. The van der Waals surface area contributed by atoms with E-state index in [0.717, 1.165) is 4.88 Å². The van der Waals surface area contributed by atoms with Crippen molar-refractivity contribution in [2.45, 2.75) is 6.42 Å². The van der Waals surface area contributed by atoms with E-state index in [4.69, 9.17) is 0 Å². The first-order valence-corrected chi connectivity index (χ1v) is 3.95. The number of nitro groups is 1.